The van der Waals surface area contributed by atoms with Crippen LogP contribution in [0, 0.1) is 0 Å². The van der Waals surface area contributed by atoms with E-state index in [1.165, 1.54) is 7.11 Å². The smallest absolute Gasteiger partial charge is 0.305 e. The second-order valence-corrected chi connectivity index (χ2v) is 5.81. The third kappa shape index (κ3) is 4.28. The normalized spacial score (nSPS) is 10.8. The van der Waals surface area contributed by atoms with Gasteiger partial charge >= 0.3 is 5.97 Å². The summed E-state index contributed by atoms with van der Waals surface area (Å²) in [4.78, 5) is 15.5. The molecule has 0 unspecified atom stereocenters. The zero-order valence-corrected chi connectivity index (χ0v) is 14.5. The first kappa shape index (κ1) is 17.2. The summed E-state index contributed by atoms with van der Waals surface area (Å²) >= 11 is 6.30. The Balaban J connectivity index is 1.68. The molecule has 0 N–H and O–H groups in total. The van der Waals surface area contributed by atoms with Crippen molar-refractivity contribution >= 4 is 28.5 Å². The lowest BCUT2D eigenvalue weighted by Crippen LogP contribution is -2.03. The Morgan fingerprint density at radius 1 is 1.28 bits per heavy atom. The minimum absolute atomic E-state index is 0.234. The summed E-state index contributed by atoms with van der Waals surface area (Å²) in [7, 11) is 1.36. The average molecular weight is 361 g/mol. The van der Waals surface area contributed by atoms with Crippen molar-refractivity contribution < 1.29 is 18.8 Å². The van der Waals surface area contributed by atoms with Gasteiger partial charge in [0.2, 0.25) is 0 Å². The summed E-state index contributed by atoms with van der Waals surface area (Å²) in [6.45, 7) is 0.450. The Morgan fingerprint density at radius 3 is 2.92 bits per heavy atom. The van der Waals surface area contributed by atoms with Gasteiger partial charge in [0.1, 0.15) is 5.75 Å². The number of methoxy groups -OCH3 is 1. The van der Waals surface area contributed by atoms with E-state index in [2.05, 4.69) is 14.9 Å². The van der Waals surface area contributed by atoms with Gasteiger partial charge in [0.25, 0.3) is 0 Å². The van der Waals surface area contributed by atoms with Gasteiger partial charge in [-0.05, 0) is 18.2 Å². The molecule has 0 saturated heterocycles. The van der Waals surface area contributed by atoms with Gasteiger partial charge in [-0.3, -0.25) is 9.78 Å². The largest absolute Gasteiger partial charge is 0.491 e. The highest BCUT2D eigenvalue weighted by Crippen LogP contribution is 2.32. The lowest BCUT2D eigenvalue weighted by atomic mass is 10.1. The van der Waals surface area contributed by atoms with Crippen LogP contribution in [0.2, 0.25) is 5.02 Å². The van der Waals surface area contributed by atoms with Crippen LogP contribution in [0.5, 0.6) is 5.75 Å². The number of halogens is 1. The predicted octanol–water partition coefficient (Wildman–Crippen LogP) is 3.60. The van der Waals surface area contributed by atoms with E-state index >= 15 is 0 Å². The molecule has 0 aliphatic heterocycles. The van der Waals surface area contributed by atoms with Gasteiger partial charge in [-0.1, -0.05) is 22.8 Å². The number of nitrogens with zero attached hydrogens (tertiary/aromatic N) is 2. The first-order chi connectivity index (χ1) is 12.2. The molecule has 3 aromatic rings. The maximum Gasteiger partial charge on any atom is 0.305 e. The van der Waals surface area contributed by atoms with Crippen LogP contribution < -0.4 is 4.74 Å². The lowest BCUT2D eigenvalue weighted by Gasteiger charge is -2.07. The zero-order chi connectivity index (χ0) is 17.6. The van der Waals surface area contributed by atoms with Crippen LogP contribution in [0.4, 0.5) is 0 Å². The predicted molar refractivity (Wildman–Crippen MR) is 92.8 cm³/mol. The van der Waals surface area contributed by atoms with Gasteiger partial charge < -0.3 is 14.0 Å². The van der Waals surface area contributed by atoms with Gasteiger partial charge in [-0.2, -0.15) is 0 Å². The Kier molecular flexibility index (Phi) is 5.50. The fourth-order valence-corrected chi connectivity index (χ4v) is 2.63. The Hall–Kier alpha value is -2.60. The van der Waals surface area contributed by atoms with E-state index in [-0.39, 0.29) is 12.4 Å². The second kappa shape index (κ2) is 7.98. The van der Waals surface area contributed by atoms with E-state index in [1.54, 1.807) is 18.3 Å². The van der Waals surface area contributed by atoms with Crippen molar-refractivity contribution in [2.75, 3.05) is 13.7 Å². The molecule has 0 aliphatic rings. The Bertz CT molecular complexity index is 864. The molecular formula is C18H17ClN2O4. The molecule has 0 amide bonds. The summed E-state index contributed by atoms with van der Waals surface area (Å²) in [6, 6.07) is 9.21. The van der Waals surface area contributed by atoms with Crippen LogP contribution in [0.15, 0.2) is 41.1 Å². The number of fused-ring (bicyclic) bond motifs is 1. The number of carbonyl (C=O) groups excluding carboxylic acids is 1. The fraction of sp³-hybridized carbons (Fsp3) is 0.278. The van der Waals surface area contributed by atoms with Crippen LogP contribution in [0.1, 0.15) is 17.8 Å². The zero-order valence-electron chi connectivity index (χ0n) is 13.7. The molecule has 130 valence electrons. The molecule has 25 heavy (non-hydrogen) atoms. The quantitative estimate of drug-likeness (QED) is 0.599. The first-order valence-corrected chi connectivity index (χ1v) is 8.22. The molecule has 1 aromatic carbocycles. The van der Waals surface area contributed by atoms with E-state index in [0.29, 0.717) is 41.5 Å². The number of ether oxygens (including phenoxy) is 2. The number of aryl methyl sites for hydroxylation is 1. The van der Waals surface area contributed by atoms with Crippen molar-refractivity contribution in [2.45, 2.75) is 19.3 Å². The topological polar surface area (TPSA) is 74.5 Å². The van der Waals surface area contributed by atoms with Gasteiger partial charge in [-0.25, -0.2) is 0 Å². The highest BCUT2D eigenvalue weighted by Gasteiger charge is 2.14. The van der Waals surface area contributed by atoms with E-state index in [1.807, 2.05) is 18.2 Å². The van der Waals surface area contributed by atoms with Crippen molar-refractivity contribution in [3.8, 4) is 5.75 Å². The van der Waals surface area contributed by atoms with E-state index in [4.69, 9.17) is 20.9 Å². The van der Waals surface area contributed by atoms with Crippen LogP contribution in [0.3, 0.4) is 0 Å². The molecule has 2 aromatic heterocycles. The van der Waals surface area contributed by atoms with Crippen molar-refractivity contribution in [3.05, 3.63) is 52.9 Å². The molecule has 0 aliphatic carbocycles. The number of rotatable bonds is 7. The van der Waals surface area contributed by atoms with Gasteiger partial charge in [0.05, 0.1) is 30.9 Å². The summed E-state index contributed by atoms with van der Waals surface area (Å²) in [6.07, 6.45) is 3.09. The van der Waals surface area contributed by atoms with E-state index in [0.717, 1.165) is 11.1 Å². The van der Waals surface area contributed by atoms with Crippen LogP contribution in [-0.4, -0.2) is 29.8 Å². The molecule has 3 rings (SSSR count). The second-order valence-electron chi connectivity index (χ2n) is 5.40. The maximum absolute atomic E-state index is 11.3. The number of pyridine rings is 1. The summed E-state index contributed by atoms with van der Waals surface area (Å²) in [5.41, 5.74) is 2.18. The molecule has 0 bridgehead atoms. The van der Waals surface area contributed by atoms with E-state index in [9.17, 15) is 4.79 Å². The molecule has 0 spiro atoms. The highest BCUT2D eigenvalue weighted by atomic mass is 35.5. The number of hydrogen-bond donors (Lipinski definition) is 0. The monoisotopic (exact) mass is 360 g/mol. The van der Waals surface area contributed by atoms with Gasteiger partial charge in [0, 0.05) is 36.2 Å². The lowest BCUT2D eigenvalue weighted by molar-refractivity contribution is -0.140. The summed E-state index contributed by atoms with van der Waals surface area (Å²) < 4.78 is 15.7. The third-order valence-corrected chi connectivity index (χ3v) is 4.03. The van der Waals surface area contributed by atoms with Crippen LogP contribution >= 0.6 is 11.6 Å². The average Bonchev–Trinajstić information content (AvgIpc) is 3.02. The van der Waals surface area contributed by atoms with Crippen molar-refractivity contribution in [2.24, 2.45) is 0 Å². The van der Waals surface area contributed by atoms with Crippen LogP contribution in [0.25, 0.3) is 11.0 Å². The molecule has 2 heterocycles. The SMILES string of the molecule is COC(=O)CCc1noc2cc(OCCc3ccccn3)c(Cl)cc12. The van der Waals surface area contributed by atoms with Crippen molar-refractivity contribution in [1.29, 1.82) is 0 Å². The van der Waals surface area contributed by atoms with Crippen molar-refractivity contribution in [3.63, 3.8) is 0 Å². The molecule has 0 atom stereocenters. The van der Waals surface area contributed by atoms with Crippen LogP contribution in [-0.2, 0) is 22.4 Å². The standard InChI is InChI=1S/C18H17ClN2O4/c1-23-18(22)6-5-15-13-10-14(19)17(11-16(13)25-21-15)24-9-7-12-4-2-3-8-20-12/h2-4,8,10-11H,5-7,9H2,1H3. The molecule has 0 fully saturated rings. The minimum atomic E-state index is -0.295. The number of esters is 1. The fourth-order valence-electron chi connectivity index (χ4n) is 2.41. The minimum Gasteiger partial charge on any atom is -0.491 e. The molecule has 0 saturated carbocycles. The highest BCUT2D eigenvalue weighted by molar-refractivity contribution is 6.32. The molecular weight excluding hydrogens is 344 g/mol. The summed E-state index contributed by atoms with van der Waals surface area (Å²) in [5, 5.41) is 5.24. The Morgan fingerprint density at radius 2 is 2.16 bits per heavy atom. The molecule has 0 radical (unpaired) electrons. The van der Waals surface area contributed by atoms with E-state index < -0.39 is 0 Å². The number of carbonyl (C=O) groups is 1. The van der Waals surface area contributed by atoms with Gasteiger partial charge in [0.15, 0.2) is 5.58 Å². The maximum atomic E-state index is 11.3. The molecule has 7 heteroatoms. The Labute approximate surface area is 149 Å². The number of benzene rings is 1. The number of hydrogen-bond acceptors (Lipinski definition) is 6. The third-order valence-electron chi connectivity index (χ3n) is 3.73. The van der Waals surface area contributed by atoms with Gasteiger partial charge in [-0.15, -0.1) is 0 Å². The van der Waals surface area contributed by atoms with Crippen molar-refractivity contribution in [1.82, 2.24) is 10.1 Å². The molecule has 6 nitrogen and oxygen atoms in total. The number of aromatic nitrogens is 2. The first-order valence-electron chi connectivity index (χ1n) is 7.84. The summed E-state index contributed by atoms with van der Waals surface area (Å²) in [5.74, 6) is 0.234.